The van der Waals surface area contributed by atoms with Crippen molar-refractivity contribution >= 4 is 11.6 Å². The van der Waals surface area contributed by atoms with Crippen LogP contribution in [0.3, 0.4) is 0 Å². The lowest BCUT2D eigenvalue weighted by Gasteiger charge is -2.27. The Labute approximate surface area is 167 Å². The molecular formula is C22H32N4O2. The Morgan fingerprint density at radius 1 is 1.32 bits per heavy atom. The second kappa shape index (κ2) is 9.24. The molecule has 1 aliphatic rings. The molecule has 2 aromatic rings. The number of likely N-dealkylation sites (N-methyl/N-ethyl adjacent to an activating group) is 1. The molecular weight excluding hydrogens is 352 g/mol. The first-order valence-electron chi connectivity index (χ1n) is 10.3. The van der Waals surface area contributed by atoms with E-state index in [0.29, 0.717) is 13.2 Å². The average Bonchev–Trinajstić information content (AvgIpc) is 3.07. The monoisotopic (exact) mass is 384 g/mol. The number of fused-ring (bicyclic) bond motifs is 1. The number of nitrogens with one attached hydrogen (secondary N) is 1. The van der Waals surface area contributed by atoms with Gasteiger partial charge in [0.1, 0.15) is 18.2 Å². The number of carbonyl (C=O) groups is 1. The van der Waals surface area contributed by atoms with E-state index < -0.39 is 0 Å². The number of anilines is 1. The second-order valence-electron chi connectivity index (χ2n) is 7.59. The van der Waals surface area contributed by atoms with E-state index in [9.17, 15) is 4.79 Å². The van der Waals surface area contributed by atoms with Gasteiger partial charge in [0.25, 0.3) is 0 Å². The van der Waals surface area contributed by atoms with E-state index in [1.807, 2.05) is 37.4 Å². The molecule has 1 amide bonds. The molecule has 6 nitrogen and oxygen atoms in total. The summed E-state index contributed by atoms with van der Waals surface area (Å²) in [4.78, 5) is 19.9. The molecule has 1 aromatic carbocycles. The lowest BCUT2D eigenvalue weighted by molar-refractivity contribution is -0.121. The van der Waals surface area contributed by atoms with Crippen molar-refractivity contribution < 1.29 is 9.53 Å². The number of para-hydroxylation sites is 2. The van der Waals surface area contributed by atoms with Gasteiger partial charge < -0.3 is 19.5 Å². The number of ether oxygens (including phenoxy) is 1. The maximum Gasteiger partial charge on any atom is 0.229 e. The number of amides is 1. The van der Waals surface area contributed by atoms with Crippen LogP contribution >= 0.6 is 0 Å². The van der Waals surface area contributed by atoms with Gasteiger partial charge in [-0.25, -0.2) is 4.98 Å². The fourth-order valence-corrected chi connectivity index (χ4v) is 3.89. The Balaban J connectivity index is 1.63. The summed E-state index contributed by atoms with van der Waals surface area (Å²) >= 11 is 0. The third-order valence-electron chi connectivity index (χ3n) is 5.50. The van der Waals surface area contributed by atoms with Gasteiger partial charge in [0.15, 0.2) is 0 Å². The summed E-state index contributed by atoms with van der Waals surface area (Å²) in [5, 5.41) is 3.09. The molecule has 0 saturated carbocycles. The van der Waals surface area contributed by atoms with Crippen LogP contribution in [-0.2, 0) is 11.3 Å². The van der Waals surface area contributed by atoms with Crippen molar-refractivity contribution in [2.75, 3.05) is 31.6 Å². The van der Waals surface area contributed by atoms with Crippen molar-refractivity contribution in [3.05, 3.63) is 42.0 Å². The lowest BCUT2D eigenvalue weighted by atomic mass is 9.91. The summed E-state index contributed by atoms with van der Waals surface area (Å²) in [5.74, 6) is 2.06. The first-order chi connectivity index (χ1) is 13.5. The topological polar surface area (TPSA) is 59.4 Å². The molecule has 0 radical (unpaired) electrons. The van der Waals surface area contributed by atoms with Gasteiger partial charge in [-0.1, -0.05) is 32.9 Å². The average molecular weight is 385 g/mol. The zero-order chi connectivity index (χ0) is 20.1. The predicted octanol–water partition coefficient (Wildman–Crippen LogP) is 3.67. The summed E-state index contributed by atoms with van der Waals surface area (Å²) in [7, 11) is 0. The van der Waals surface area contributed by atoms with Crippen LogP contribution in [0.5, 0.6) is 5.75 Å². The molecule has 0 fully saturated rings. The molecule has 0 unspecified atom stereocenters. The highest BCUT2D eigenvalue weighted by Gasteiger charge is 2.30. The molecule has 1 aliphatic heterocycles. The number of rotatable bonds is 8. The summed E-state index contributed by atoms with van der Waals surface area (Å²) in [6.45, 7) is 12.6. The number of nitrogens with zero attached hydrogens (tertiary/aromatic N) is 3. The summed E-state index contributed by atoms with van der Waals surface area (Å²) in [6.07, 6.45) is 2.85. The minimum Gasteiger partial charge on any atom is -0.490 e. The predicted molar refractivity (Wildman–Crippen MR) is 112 cm³/mol. The first-order valence-corrected chi connectivity index (χ1v) is 10.3. The van der Waals surface area contributed by atoms with Crippen LogP contribution in [0, 0.1) is 12.8 Å². The largest absolute Gasteiger partial charge is 0.490 e. The molecule has 2 atom stereocenters. The molecule has 28 heavy (non-hydrogen) atoms. The smallest absolute Gasteiger partial charge is 0.229 e. The quantitative estimate of drug-likeness (QED) is 0.754. The van der Waals surface area contributed by atoms with Crippen LogP contribution < -0.4 is 10.1 Å². The summed E-state index contributed by atoms with van der Waals surface area (Å²) < 4.78 is 8.09. The molecule has 1 N–H and O–H groups in total. The van der Waals surface area contributed by atoms with Crippen molar-refractivity contribution in [2.24, 2.45) is 5.92 Å². The number of aryl methyl sites for hydroxylation is 1. The first kappa shape index (κ1) is 20.4. The van der Waals surface area contributed by atoms with Gasteiger partial charge in [-0.3, -0.25) is 4.79 Å². The fraction of sp³-hybridized carbons (Fsp3) is 0.545. The molecule has 2 heterocycles. The van der Waals surface area contributed by atoms with E-state index in [1.165, 1.54) is 0 Å². The van der Waals surface area contributed by atoms with Gasteiger partial charge in [-0.05, 0) is 38.6 Å². The SMILES string of the molecule is CCN(CC)CCOc1ccccc1NC(=O)[C@@H]1C[C@H](C)c2nc(C)cn2C1. The Morgan fingerprint density at radius 3 is 2.82 bits per heavy atom. The Kier molecular flexibility index (Phi) is 6.73. The molecule has 0 saturated heterocycles. The van der Waals surface area contributed by atoms with Crippen molar-refractivity contribution in [3.63, 3.8) is 0 Å². The third-order valence-corrected chi connectivity index (χ3v) is 5.50. The van der Waals surface area contributed by atoms with Crippen LogP contribution in [0.4, 0.5) is 5.69 Å². The Hall–Kier alpha value is -2.34. The van der Waals surface area contributed by atoms with Gasteiger partial charge in [0.05, 0.1) is 17.3 Å². The van der Waals surface area contributed by atoms with Crippen LogP contribution in [0.2, 0.25) is 0 Å². The van der Waals surface area contributed by atoms with E-state index in [0.717, 1.165) is 49.0 Å². The molecule has 3 rings (SSSR count). The lowest BCUT2D eigenvalue weighted by Crippen LogP contribution is -2.32. The number of aromatic nitrogens is 2. The number of hydrogen-bond acceptors (Lipinski definition) is 4. The molecule has 0 bridgehead atoms. The number of carbonyl (C=O) groups excluding carboxylic acids is 1. The zero-order valence-corrected chi connectivity index (χ0v) is 17.4. The van der Waals surface area contributed by atoms with Gasteiger partial charge in [-0.2, -0.15) is 0 Å². The second-order valence-corrected chi connectivity index (χ2v) is 7.59. The minimum atomic E-state index is -0.0696. The van der Waals surface area contributed by atoms with E-state index in [2.05, 4.69) is 40.5 Å². The molecule has 0 aliphatic carbocycles. The number of hydrogen-bond donors (Lipinski definition) is 1. The third kappa shape index (κ3) is 4.73. The van der Waals surface area contributed by atoms with Crippen molar-refractivity contribution in [1.29, 1.82) is 0 Å². The molecule has 6 heteroatoms. The number of imidazole rings is 1. The van der Waals surface area contributed by atoms with Gasteiger partial charge in [0.2, 0.25) is 5.91 Å². The van der Waals surface area contributed by atoms with Crippen LogP contribution in [0.15, 0.2) is 30.5 Å². The fourth-order valence-electron chi connectivity index (χ4n) is 3.89. The highest BCUT2D eigenvalue weighted by Crippen LogP contribution is 2.32. The van der Waals surface area contributed by atoms with E-state index in [-0.39, 0.29) is 17.7 Å². The number of benzene rings is 1. The normalized spacial score (nSPS) is 18.8. The van der Waals surface area contributed by atoms with Gasteiger partial charge in [-0.15, -0.1) is 0 Å². The van der Waals surface area contributed by atoms with E-state index in [4.69, 9.17) is 4.74 Å². The van der Waals surface area contributed by atoms with Gasteiger partial charge in [0, 0.05) is 25.2 Å². The summed E-state index contributed by atoms with van der Waals surface area (Å²) in [5.41, 5.74) is 1.75. The zero-order valence-electron chi connectivity index (χ0n) is 17.4. The standard InChI is InChI=1S/C22H32N4O2/c1-5-25(6-2)11-12-28-20-10-8-7-9-19(20)24-22(27)18-13-16(3)21-23-17(4)14-26(21)15-18/h7-10,14,16,18H,5-6,11-13,15H2,1-4H3,(H,24,27)/t16-,18+/m0/s1. The van der Waals surface area contributed by atoms with Gasteiger partial charge >= 0.3 is 0 Å². The van der Waals surface area contributed by atoms with Crippen LogP contribution in [-0.4, -0.2) is 46.6 Å². The molecule has 0 spiro atoms. The maximum atomic E-state index is 12.9. The summed E-state index contributed by atoms with van der Waals surface area (Å²) in [6, 6.07) is 7.68. The highest BCUT2D eigenvalue weighted by atomic mass is 16.5. The molecule has 1 aromatic heterocycles. The minimum absolute atomic E-state index is 0.0450. The maximum absolute atomic E-state index is 12.9. The molecule has 152 valence electrons. The Bertz CT molecular complexity index is 798. The van der Waals surface area contributed by atoms with Crippen molar-refractivity contribution in [2.45, 2.75) is 46.6 Å². The van der Waals surface area contributed by atoms with Crippen LogP contribution in [0.25, 0.3) is 0 Å². The van der Waals surface area contributed by atoms with Crippen LogP contribution in [0.1, 0.15) is 44.6 Å². The van der Waals surface area contributed by atoms with E-state index in [1.54, 1.807) is 0 Å². The van der Waals surface area contributed by atoms with Crippen molar-refractivity contribution in [1.82, 2.24) is 14.5 Å². The highest BCUT2D eigenvalue weighted by molar-refractivity contribution is 5.94. The van der Waals surface area contributed by atoms with E-state index >= 15 is 0 Å². The van der Waals surface area contributed by atoms with Crippen molar-refractivity contribution in [3.8, 4) is 5.75 Å². The Morgan fingerprint density at radius 2 is 2.07 bits per heavy atom.